The highest BCUT2D eigenvalue weighted by molar-refractivity contribution is 14.1. The SMILES string of the molecule is CN1CC(CI)C(F)(F)C1. The zero-order valence-electron chi connectivity index (χ0n) is 5.78. The van der Waals surface area contributed by atoms with E-state index in [4.69, 9.17) is 0 Å². The fourth-order valence-electron chi connectivity index (χ4n) is 1.22. The van der Waals surface area contributed by atoms with Gasteiger partial charge in [-0.25, -0.2) is 8.78 Å². The van der Waals surface area contributed by atoms with Crippen LogP contribution in [0.4, 0.5) is 8.78 Å². The quantitative estimate of drug-likeness (QED) is 0.512. The van der Waals surface area contributed by atoms with Crippen molar-refractivity contribution in [1.82, 2.24) is 4.90 Å². The van der Waals surface area contributed by atoms with Crippen molar-refractivity contribution < 1.29 is 8.78 Å². The minimum atomic E-state index is -2.45. The molecule has 10 heavy (non-hydrogen) atoms. The Morgan fingerprint density at radius 3 is 2.50 bits per heavy atom. The van der Waals surface area contributed by atoms with Gasteiger partial charge < -0.3 is 4.90 Å². The molecule has 0 amide bonds. The van der Waals surface area contributed by atoms with Crippen molar-refractivity contribution in [3.05, 3.63) is 0 Å². The van der Waals surface area contributed by atoms with E-state index in [0.29, 0.717) is 11.0 Å². The molecule has 60 valence electrons. The van der Waals surface area contributed by atoms with Gasteiger partial charge in [0.2, 0.25) is 0 Å². The van der Waals surface area contributed by atoms with Crippen LogP contribution in [0.25, 0.3) is 0 Å². The molecule has 0 aromatic heterocycles. The van der Waals surface area contributed by atoms with Gasteiger partial charge in [0.1, 0.15) is 0 Å². The van der Waals surface area contributed by atoms with Gasteiger partial charge in [0.05, 0.1) is 6.54 Å². The molecule has 0 aromatic rings. The molecule has 1 unspecified atom stereocenters. The molecule has 1 nitrogen and oxygen atoms in total. The zero-order chi connectivity index (χ0) is 7.78. The van der Waals surface area contributed by atoms with Crippen LogP contribution in [-0.2, 0) is 0 Å². The van der Waals surface area contributed by atoms with Crippen molar-refractivity contribution in [3.63, 3.8) is 0 Å². The van der Waals surface area contributed by atoms with Gasteiger partial charge in [0.25, 0.3) is 5.92 Å². The van der Waals surface area contributed by atoms with E-state index in [1.165, 1.54) is 0 Å². The van der Waals surface area contributed by atoms with E-state index in [1.54, 1.807) is 11.9 Å². The van der Waals surface area contributed by atoms with Crippen molar-refractivity contribution in [3.8, 4) is 0 Å². The van der Waals surface area contributed by atoms with Gasteiger partial charge >= 0.3 is 0 Å². The highest BCUT2D eigenvalue weighted by Gasteiger charge is 2.45. The number of rotatable bonds is 1. The summed E-state index contributed by atoms with van der Waals surface area (Å²) in [5.41, 5.74) is 0. The summed E-state index contributed by atoms with van der Waals surface area (Å²) in [5, 5.41) is 0. The van der Waals surface area contributed by atoms with E-state index in [1.807, 2.05) is 22.6 Å². The first-order chi connectivity index (χ1) is 4.56. The Morgan fingerprint density at radius 1 is 1.70 bits per heavy atom. The van der Waals surface area contributed by atoms with Crippen molar-refractivity contribution in [1.29, 1.82) is 0 Å². The van der Waals surface area contributed by atoms with Crippen molar-refractivity contribution >= 4 is 22.6 Å². The minimum absolute atomic E-state index is 0.0688. The van der Waals surface area contributed by atoms with Crippen molar-refractivity contribution in [2.45, 2.75) is 5.92 Å². The highest BCUT2D eigenvalue weighted by Crippen LogP contribution is 2.33. The van der Waals surface area contributed by atoms with Gasteiger partial charge in [-0.1, -0.05) is 22.6 Å². The second kappa shape index (κ2) is 2.89. The Kier molecular flexibility index (Phi) is 2.50. The van der Waals surface area contributed by atoms with Crippen LogP contribution >= 0.6 is 22.6 Å². The van der Waals surface area contributed by atoms with Gasteiger partial charge in [-0.3, -0.25) is 0 Å². The first-order valence-electron chi connectivity index (χ1n) is 3.18. The van der Waals surface area contributed by atoms with E-state index in [0.717, 1.165) is 0 Å². The number of likely N-dealkylation sites (tertiary alicyclic amines) is 1. The van der Waals surface area contributed by atoms with E-state index >= 15 is 0 Å². The summed E-state index contributed by atoms with van der Waals surface area (Å²) >= 11 is 2.02. The molecule has 1 saturated heterocycles. The van der Waals surface area contributed by atoms with Gasteiger partial charge in [-0.05, 0) is 7.05 Å². The second-order valence-corrected chi connectivity index (χ2v) is 3.69. The molecule has 0 aromatic carbocycles. The lowest BCUT2D eigenvalue weighted by atomic mass is 10.1. The van der Waals surface area contributed by atoms with Crippen molar-refractivity contribution in [2.24, 2.45) is 5.92 Å². The van der Waals surface area contributed by atoms with E-state index < -0.39 is 11.8 Å². The predicted molar refractivity (Wildman–Crippen MR) is 44.8 cm³/mol. The molecule has 1 aliphatic rings. The second-order valence-electron chi connectivity index (χ2n) is 2.81. The third kappa shape index (κ3) is 1.58. The summed E-state index contributed by atoms with van der Waals surface area (Å²) in [6.45, 7) is 0.469. The number of alkyl halides is 3. The summed E-state index contributed by atoms with van der Waals surface area (Å²) in [5.74, 6) is -2.88. The number of nitrogens with zero attached hydrogens (tertiary/aromatic N) is 1. The van der Waals surface area contributed by atoms with Gasteiger partial charge in [0, 0.05) is 16.9 Å². The molecule has 1 atom stereocenters. The van der Waals surface area contributed by atoms with Crippen LogP contribution in [0.1, 0.15) is 0 Å². The third-order valence-corrected chi connectivity index (χ3v) is 2.86. The van der Waals surface area contributed by atoms with Crippen LogP contribution in [-0.4, -0.2) is 35.4 Å². The lowest BCUT2D eigenvalue weighted by Gasteiger charge is -2.13. The fraction of sp³-hybridized carbons (Fsp3) is 1.00. The summed E-state index contributed by atoms with van der Waals surface area (Å²) in [6, 6.07) is 0. The Hall–Kier alpha value is 0.550. The van der Waals surface area contributed by atoms with Crippen LogP contribution < -0.4 is 0 Å². The predicted octanol–water partition coefficient (Wildman–Crippen LogP) is 1.62. The molecule has 0 spiro atoms. The summed E-state index contributed by atoms with van der Waals surface area (Å²) in [4.78, 5) is 1.68. The van der Waals surface area contributed by atoms with E-state index in [2.05, 4.69) is 0 Å². The topological polar surface area (TPSA) is 3.24 Å². The van der Waals surface area contributed by atoms with E-state index in [-0.39, 0.29) is 6.54 Å². The maximum absolute atomic E-state index is 12.8. The molecule has 0 N–H and O–H groups in total. The average molecular weight is 261 g/mol. The summed E-state index contributed by atoms with van der Waals surface area (Å²) in [7, 11) is 1.74. The summed E-state index contributed by atoms with van der Waals surface area (Å²) in [6.07, 6.45) is 0. The first kappa shape index (κ1) is 8.64. The molecule has 1 fully saturated rings. The molecule has 0 aliphatic carbocycles. The van der Waals surface area contributed by atoms with Crippen LogP contribution in [0.3, 0.4) is 0 Å². The van der Waals surface area contributed by atoms with Gasteiger partial charge in [-0.2, -0.15) is 0 Å². The molecule has 1 heterocycles. The molecule has 0 radical (unpaired) electrons. The van der Waals surface area contributed by atoms with Gasteiger partial charge in [0.15, 0.2) is 0 Å². The standard InChI is InChI=1S/C6H10F2IN/c1-10-3-5(2-9)6(7,8)4-10/h5H,2-4H2,1H3. The summed E-state index contributed by atoms with van der Waals surface area (Å²) < 4.78 is 26.2. The van der Waals surface area contributed by atoms with Crippen LogP contribution in [0.2, 0.25) is 0 Å². The Labute approximate surface area is 72.9 Å². The van der Waals surface area contributed by atoms with Crippen LogP contribution in [0, 0.1) is 5.92 Å². The normalized spacial score (nSPS) is 33.0. The fourth-order valence-corrected chi connectivity index (χ4v) is 2.15. The van der Waals surface area contributed by atoms with Crippen molar-refractivity contribution in [2.75, 3.05) is 24.6 Å². The highest BCUT2D eigenvalue weighted by atomic mass is 127. The molecule has 1 rings (SSSR count). The Morgan fingerprint density at radius 2 is 2.30 bits per heavy atom. The smallest absolute Gasteiger partial charge is 0.265 e. The van der Waals surface area contributed by atoms with Gasteiger partial charge in [-0.15, -0.1) is 0 Å². The number of hydrogen-bond acceptors (Lipinski definition) is 1. The molecular weight excluding hydrogens is 251 g/mol. The Balaban J connectivity index is 2.58. The lowest BCUT2D eigenvalue weighted by molar-refractivity contribution is -0.0173. The molecule has 1 aliphatic heterocycles. The molecule has 0 saturated carbocycles. The average Bonchev–Trinajstić information content (AvgIpc) is 2.04. The Bertz CT molecular complexity index is 129. The maximum Gasteiger partial charge on any atom is 0.265 e. The molecule has 0 bridgehead atoms. The number of halogens is 3. The maximum atomic E-state index is 12.8. The largest absolute Gasteiger partial charge is 0.300 e. The third-order valence-electron chi connectivity index (χ3n) is 1.80. The zero-order valence-corrected chi connectivity index (χ0v) is 7.94. The van der Waals surface area contributed by atoms with Crippen LogP contribution in [0.5, 0.6) is 0 Å². The monoisotopic (exact) mass is 261 g/mol. The molecular formula is C6H10F2IN. The first-order valence-corrected chi connectivity index (χ1v) is 4.71. The van der Waals surface area contributed by atoms with Crippen LogP contribution in [0.15, 0.2) is 0 Å². The number of hydrogen-bond donors (Lipinski definition) is 0. The van der Waals surface area contributed by atoms with E-state index in [9.17, 15) is 8.78 Å². The lowest BCUT2D eigenvalue weighted by Crippen LogP contribution is -2.27. The minimum Gasteiger partial charge on any atom is -0.300 e. The molecule has 4 heteroatoms.